The predicted molar refractivity (Wildman–Crippen MR) is 108 cm³/mol. The number of carboxylic acid groups (broad SMARTS) is 1. The smallest absolute Gasteiger partial charge is 0.329 e. The first-order chi connectivity index (χ1) is 14.6. The highest BCUT2D eigenvalue weighted by atomic mass is 16.6. The number of rotatable bonds is 22. The third kappa shape index (κ3) is 22.5. The van der Waals surface area contributed by atoms with Gasteiger partial charge in [-0.3, -0.25) is 9.59 Å². The first kappa shape index (κ1) is 28.2. The molecule has 0 aromatic rings. The molecule has 0 unspecified atom stereocenters. The Kier molecular flexibility index (Phi) is 20.7. The minimum absolute atomic E-state index is 0.174. The Morgan fingerprint density at radius 2 is 1.33 bits per heavy atom. The molecule has 10 heteroatoms. The number of aliphatic carboxylic acids is 1. The first-order valence-electron chi connectivity index (χ1n) is 10.5. The van der Waals surface area contributed by atoms with Crippen LogP contribution in [-0.2, 0) is 38.1 Å². The molecule has 1 amide bonds. The van der Waals surface area contributed by atoms with Crippen molar-refractivity contribution in [2.45, 2.75) is 45.4 Å². The molecule has 0 aliphatic rings. The maximum absolute atomic E-state index is 11.5. The SMILES string of the molecule is CCCCCCCC(=O)OCCOCCOCCOCCNC(=O)COCC(=O)O. The van der Waals surface area contributed by atoms with Crippen LogP contribution in [0.3, 0.4) is 0 Å². The van der Waals surface area contributed by atoms with E-state index >= 15 is 0 Å². The summed E-state index contributed by atoms with van der Waals surface area (Å²) in [7, 11) is 0. The van der Waals surface area contributed by atoms with Crippen LogP contribution in [0.4, 0.5) is 0 Å². The Labute approximate surface area is 178 Å². The molecule has 0 aromatic carbocycles. The molecule has 10 nitrogen and oxygen atoms in total. The number of hydrogen-bond donors (Lipinski definition) is 2. The van der Waals surface area contributed by atoms with Crippen molar-refractivity contribution in [2.24, 2.45) is 0 Å². The molecule has 0 aromatic heterocycles. The van der Waals surface area contributed by atoms with Gasteiger partial charge in [-0.15, -0.1) is 0 Å². The number of nitrogens with one attached hydrogen (secondary N) is 1. The lowest BCUT2D eigenvalue weighted by atomic mass is 10.1. The average Bonchev–Trinajstić information content (AvgIpc) is 2.71. The van der Waals surface area contributed by atoms with Crippen LogP contribution in [0.2, 0.25) is 0 Å². The molecule has 0 aliphatic carbocycles. The van der Waals surface area contributed by atoms with E-state index in [1.165, 1.54) is 19.3 Å². The molecule has 0 saturated carbocycles. The summed E-state index contributed by atoms with van der Waals surface area (Å²) in [4.78, 5) is 33.0. The van der Waals surface area contributed by atoms with Gasteiger partial charge in [-0.1, -0.05) is 32.6 Å². The average molecular weight is 436 g/mol. The number of ether oxygens (including phenoxy) is 5. The van der Waals surface area contributed by atoms with Crippen LogP contribution in [0, 0.1) is 0 Å². The molecule has 0 radical (unpaired) electrons. The minimum atomic E-state index is -1.12. The van der Waals surface area contributed by atoms with Crippen LogP contribution in [0.15, 0.2) is 0 Å². The Bertz CT molecular complexity index is 446. The molecule has 0 aliphatic heterocycles. The van der Waals surface area contributed by atoms with Gasteiger partial charge in [0.25, 0.3) is 0 Å². The van der Waals surface area contributed by atoms with Gasteiger partial charge in [-0.25, -0.2) is 4.79 Å². The molecular formula is C20H37NO9. The fourth-order valence-corrected chi connectivity index (χ4v) is 2.25. The summed E-state index contributed by atoms with van der Waals surface area (Å²) in [6, 6.07) is 0. The van der Waals surface area contributed by atoms with Gasteiger partial charge in [-0.2, -0.15) is 0 Å². The number of hydrogen-bond acceptors (Lipinski definition) is 8. The second-order valence-electron chi connectivity index (χ2n) is 6.46. The molecule has 0 rings (SSSR count). The maximum atomic E-state index is 11.5. The standard InChI is InChI=1S/C20H37NO9/c1-2-3-4-5-6-7-20(25)30-15-14-28-13-12-27-11-10-26-9-8-21-18(22)16-29-17-19(23)24/h2-17H2,1H3,(H,21,22)(H,23,24). The second-order valence-corrected chi connectivity index (χ2v) is 6.46. The molecular weight excluding hydrogens is 398 g/mol. The van der Waals surface area contributed by atoms with Crippen LogP contribution in [-0.4, -0.2) is 89.0 Å². The molecule has 0 heterocycles. The van der Waals surface area contributed by atoms with Gasteiger partial charge in [0.15, 0.2) is 0 Å². The van der Waals surface area contributed by atoms with Crippen molar-refractivity contribution in [3.63, 3.8) is 0 Å². The Balaban J connectivity index is 3.21. The summed E-state index contributed by atoms with van der Waals surface area (Å²) in [6.45, 7) is 4.15. The third-order valence-electron chi connectivity index (χ3n) is 3.75. The summed E-state index contributed by atoms with van der Waals surface area (Å²) >= 11 is 0. The Hall–Kier alpha value is -1.75. The Morgan fingerprint density at radius 1 is 0.733 bits per heavy atom. The summed E-state index contributed by atoms with van der Waals surface area (Å²) in [6.07, 6.45) is 5.98. The van der Waals surface area contributed by atoms with Gasteiger partial charge in [0.1, 0.15) is 19.8 Å². The summed E-state index contributed by atoms with van der Waals surface area (Å²) < 4.78 is 25.7. The van der Waals surface area contributed by atoms with Crippen molar-refractivity contribution in [3.05, 3.63) is 0 Å². The lowest BCUT2D eigenvalue weighted by Crippen LogP contribution is -2.31. The third-order valence-corrected chi connectivity index (χ3v) is 3.75. The van der Waals surface area contributed by atoms with Gasteiger partial charge in [0.2, 0.25) is 5.91 Å². The monoisotopic (exact) mass is 435 g/mol. The summed E-state index contributed by atoms with van der Waals surface area (Å²) in [5.41, 5.74) is 0. The summed E-state index contributed by atoms with van der Waals surface area (Å²) in [5, 5.41) is 10.9. The van der Waals surface area contributed by atoms with E-state index in [9.17, 15) is 14.4 Å². The van der Waals surface area contributed by atoms with Gasteiger partial charge in [0, 0.05) is 13.0 Å². The van der Waals surface area contributed by atoms with E-state index in [4.69, 9.17) is 24.1 Å². The molecule has 2 N–H and O–H groups in total. The number of carboxylic acids is 1. The van der Waals surface area contributed by atoms with Gasteiger partial charge < -0.3 is 34.1 Å². The van der Waals surface area contributed by atoms with E-state index in [-0.39, 0.29) is 19.2 Å². The van der Waals surface area contributed by atoms with Gasteiger partial charge in [0.05, 0.1) is 39.6 Å². The maximum Gasteiger partial charge on any atom is 0.329 e. The fourth-order valence-electron chi connectivity index (χ4n) is 2.25. The Morgan fingerprint density at radius 3 is 1.97 bits per heavy atom. The molecule has 0 saturated heterocycles. The van der Waals surface area contributed by atoms with Gasteiger partial charge >= 0.3 is 11.9 Å². The highest BCUT2D eigenvalue weighted by Crippen LogP contribution is 2.05. The zero-order valence-electron chi connectivity index (χ0n) is 18.0. The number of carbonyl (C=O) groups is 3. The molecule has 0 atom stereocenters. The highest BCUT2D eigenvalue weighted by molar-refractivity contribution is 5.77. The van der Waals surface area contributed by atoms with Gasteiger partial charge in [-0.05, 0) is 6.42 Å². The molecule has 176 valence electrons. The number of esters is 1. The predicted octanol–water partition coefficient (Wildman–Crippen LogP) is 1.16. The van der Waals surface area contributed by atoms with Crippen molar-refractivity contribution >= 4 is 17.8 Å². The number of unbranched alkanes of at least 4 members (excludes halogenated alkanes) is 4. The van der Waals surface area contributed by atoms with Crippen molar-refractivity contribution < 1.29 is 43.2 Å². The molecule has 0 fully saturated rings. The molecule has 0 spiro atoms. The number of amides is 1. The van der Waals surface area contributed by atoms with E-state index in [0.29, 0.717) is 52.6 Å². The molecule has 0 bridgehead atoms. The van der Waals surface area contributed by atoms with Crippen LogP contribution < -0.4 is 5.32 Å². The molecule has 30 heavy (non-hydrogen) atoms. The minimum Gasteiger partial charge on any atom is -0.480 e. The van der Waals surface area contributed by atoms with E-state index in [0.717, 1.165) is 12.8 Å². The van der Waals surface area contributed by atoms with Crippen molar-refractivity contribution in [3.8, 4) is 0 Å². The number of carbonyl (C=O) groups excluding carboxylic acids is 2. The second kappa shape index (κ2) is 21.9. The summed E-state index contributed by atoms with van der Waals surface area (Å²) in [5.74, 6) is -1.69. The van der Waals surface area contributed by atoms with E-state index in [1.54, 1.807) is 0 Å². The van der Waals surface area contributed by atoms with Crippen molar-refractivity contribution in [1.29, 1.82) is 0 Å². The van der Waals surface area contributed by atoms with E-state index < -0.39 is 18.5 Å². The van der Waals surface area contributed by atoms with Crippen molar-refractivity contribution in [2.75, 3.05) is 66.0 Å². The lowest BCUT2D eigenvalue weighted by Gasteiger charge is -2.08. The quantitative estimate of drug-likeness (QED) is 0.190. The topological polar surface area (TPSA) is 130 Å². The highest BCUT2D eigenvalue weighted by Gasteiger charge is 2.03. The van der Waals surface area contributed by atoms with Crippen LogP contribution in [0.1, 0.15) is 45.4 Å². The zero-order valence-corrected chi connectivity index (χ0v) is 18.0. The first-order valence-corrected chi connectivity index (χ1v) is 10.5. The largest absolute Gasteiger partial charge is 0.480 e. The van der Waals surface area contributed by atoms with E-state index in [2.05, 4.69) is 17.0 Å². The lowest BCUT2D eigenvalue weighted by molar-refractivity contribution is -0.146. The van der Waals surface area contributed by atoms with Crippen LogP contribution in [0.5, 0.6) is 0 Å². The zero-order chi connectivity index (χ0) is 22.3. The van der Waals surface area contributed by atoms with Crippen LogP contribution >= 0.6 is 0 Å². The van der Waals surface area contributed by atoms with Crippen LogP contribution in [0.25, 0.3) is 0 Å². The fraction of sp³-hybridized carbons (Fsp3) is 0.850. The van der Waals surface area contributed by atoms with Crippen molar-refractivity contribution in [1.82, 2.24) is 5.32 Å². The van der Waals surface area contributed by atoms with E-state index in [1.807, 2.05) is 0 Å². The normalized spacial score (nSPS) is 10.7.